The first-order valence-corrected chi connectivity index (χ1v) is 7.17. The zero-order valence-corrected chi connectivity index (χ0v) is 13.7. The number of urea groups is 1. The molecule has 2 amide bonds. The fourth-order valence-corrected chi connectivity index (χ4v) is 2.75. The number of carbonyl (C=O) groups is 2. The Morgan fingerprint density at radius 3 is 2.29 bits per heavy atom. The predicted octanol–water partition coefficient (Wildman–Crippen LogP) is 2.71. The molecule has 0 unspecified atom stereocenters. The Morgan fingerprint density at radius 1 is 1.21 bits per heavy atom. The monoisotopic (exact) mass is 340 g/mol. The summed E-state index contributed by atoms with van der Waals surface area (Å²) >= 11 is 0. The molecule has 6 nitrogen and oxygen atoms in total. The fourth-order valence-electron chi connectivity index (χ4n) is 2.75. The maximum atomic E-state index is 12.5. The van der Waals surface area contributed by atoms with E-state index in [9.17, 15) is 18.4 Å². The molecule has 2 N–H and O–H groups in total. The molecule has 0 saturated carbocycles. The minimum Gasteiger partial charge on any atom is -0.466 e. The number of amides is 2. The SMILES string of the molecule is COC(=O)C1=C(C)NC(=O)N[C@H]1c1cc(C)c(OC(F)F)c(C)c1. The van der Waals surface area contributed by atoms with Crippen LogP contribution in [0.1, 0.15) is 29.7 Å². The second-order valence-electron chi connectivity index (χ2n) is 5.42. The minimum atomic E-state index is -2.93. The fraction of sp³-hybridized carbons (Fsp3) is 0.375. The van der Waals surface area contributed by atoms with Gasteiger partial charge in [0.25, 0.3) is 0 Å². The van der Waals surface area contributed by atoms with Crippen LogP contribution in [0.4, 0.5) is 13.6 Å². The summed E-state index contributed by atoms with van der Waals surface area (Å²) in [7, 11) is 1.24. The van der Waals surface area contributed by atoms with Gasteiger partial charge in [-0.1, -0.05) is 0 Å². The third kappa shape index (κ3) is 3.47. The van der Waals surface area contributed by atoms with Gasteiger partial charge in [0.15, 0.2) is 0 Å². The molecule has 0 aliphatic carbocycles. The average molecular weight is 340 g/mol. The zero-order valence-electron chi connectivity index (χ0n) is 13.7. The van der Waals surface area contributed by atoms with Crippen LogP contribution in [0.5, 0.6) is 5.75 Å². The number of nitrogens with one attached hydrogen (secondary N) is 2. The Bertz CT molecular complexity index is 693. The van der Waals surface area contributed by atoms with E-state index in [4.69, 9.17) is 4.74 Å². The summed E-state index contributed by atoms with van der Waals surface area (Å²) in [6.45, 7) is 1.89. The number of halogens is 2. The number of benzene rings is 1. The molecule has 2 rings (SSSR count). The van der Waals surface area contributed by atoms with Gasteiger partial charge in [0, 0.05) is 5.70 Å². The zero-order chi connectivity index (χ0) is 18.0. The third-order valence-electron chi connectivity index (χ3n) is 3.70. The van der Waals surface area contributed by atoms with Crippen molar-refractivity contribution in [1.82, 2.24) is 10.6 Å². The molecule has 1 aromatic rings. The first-order chi connectivity index (χ1) is 11.2. The highest BCUT2D eigenvalue weighted by molar-refractivity contribution is 5.95. The maximum Gasteiger partial charge on any atom is 0.387 e. The van der Waals surface area contributed by atoms with Crippen molar-refractivity contribution in [3.63, 3.8) is 0 Å². The van der Waals surface area contributed by atoms with Gasteiger partial charge in [-0.25, -0.2) is 9.59 Å². The highest BCUT2D eigenvalue weighted by Gasteiger charge is 2.32. The molecule has 1 aliphatic heterocycles. The molecule has 130 valence electrons. The van der Waals surface area contributed by atoms with Crippen LogP contribution in [0.3, 0.4) is 0 Å². The summed E-state index contributed by atoms with van der Waals surface area (Å²) in [6, 6.07) is 1.98. The third-order valence-corrected chi connectivity index (χ3v) is 3.70. The molecule has 24 heavy (non-hydrogen) atoms. The summed E-state index contributed by atoms with van der Waals surface area (Å²) < 4.78 is 34.3. The molecule has 8 heteroatoms. The van der Waals surface area contributed by atoms with E-state index in [1.807, 2.05) is 0 Å². The van der Waals surface area contributed by atoms with E-state index >= 15 is 0 Å². The topological polar surface area (TPSA) is 76.7 Å². The van der Waals surface area contributed by atoms with Gasteiger partial charge < -0.3 is 20.1 Å². The largest absolute Gasteiger partial charge is 0.466 e. The van der Waals surface area contributed by atoms with Crippen molar-refractivity contribution in [3.05, 3.63) is 40.1 Å². The molecule has 0 saturated heterocycles. The molecule has 0 aromatic heterocycles. The Morgan fingerprint density at radius 2 is 1.79 bits per heavy atom. The van der Waals surface area contributed by atoms with E-state index in [2.05, 4.69) is 15.4 Å². The van der Waals surface area contributed by atoms with Crippen molar-refractivity contribution >= 4 is 12.0 Å². The normalized spacial score (nSPS) is 17.5. The summed E-state index contributed by atoms with van der Waals surface area (Å²) in [5.41, 5.74) is 2.14. The van der Waals surface area contributed by atoms with Crippen molar-refractivity contribution in [3.8, 4) is 5.75 Å². The van der Waals surface area contributed by atoms with Gasteiger partial charge >= 0.3 is 18.6 Å². The Hall–Kier alpha value is -2.64. The van der Waals surface area contributed by atoms with Crippen LogP contribution >= 0.6 is 0 Å². The number of hydrogen-bond acceptors (Lipinski definition) is 4. The molecule has 0 fully saturated rings. The molecule has 0 spiro atoms. The average Bonchev–Trinajstić information content (AvgIpc) is 2.49. The molecule has 1 atom stereocenters. The van der Waals surface area contributed by atoms with Crippen molar-refractivity contribution in [2.45, 2.75) is 33.4 Å². The van der Waals surface area contributed by atoms with Gasteiger partial charge in [-0.3, -0.25) is 0 Å². The number of allylic oxidation sites excluding steroid dienone is 1. The lowest BCUT2D eigenvalue weighted by atomic mass is 9.92. The number of aryl methyl sites for hydroxylation is 2. The van der Waals surface area contributed by atoms with Crippen LogP contribution < -0.4 is 15.4 Å². The molecule has 0 radical (unpaired) electrons. The van der Waals surface area contributed by atoms with Crippen molar-refractivity contribution in [1.29, 1.82) is 0 Å². The molecule has 1 aromatic carbocycles. The van der Waals surface area contributed by atoms with Gasteiger partial charge in [-0.2, -0.15) is 8.78 Å². The van der Waals surface area contributed by atoms with Gasteiger partial charge in [0.2, 0.25) is 0 Å². The van der Waals surface area contributed by atoms with Crippen molar-refractivity contribution in [2.75, 3.05) is 7.11 Å². The molecule has 0 bridgehead atoms. The van der Waals surface area contributed by atoms with Gasteiger partial charge in [0.1, 0.15) is 5.75 Å². The summed E-state index contributed by atoms with van der Waals surface area (Å²) in [5, 5.41) is 5.16. The van der Waals surface area contributed by atoms with E-state index in [0.29, 0.717) is 22.4 Å². The van der Waals surface area contributed by atoms with Crippen LogP contribution in [0.25, 0.3) is 0 Å². The highest BCUT2D eigenvalue weighted by Crippen LogP contribution is 2.33. The number of rotatable bonds is 4. The second kappa shape index (κ2) is 6.86. The number of ether oxygens (including phenoxy) is 2. The summed E-state index contributed by atoms with van der Waals surface area (Å²) in [6.07, 6.45) is 0. The number of methoxy groups -OCH3 is 1. The van der Waals surface area contributed by atoms with E-state index in [1.165, 1.54) is 7.11 Å². The van der Waals surface area contributed by atoms with Crippen molar-refractivity contribution in [2.24, 2.45) is 0 Å². The van der Waals surface area contributed by atoms with Gasteiger partial charge in [-0.05, 0) is 49.6 Å². The van der Waals surface area contributed by atoms with Crippen molar-refractivity contribution < 1.29 is 27.8 Å². The van der Waals surface area contributed by atoms with E-state index < -0.39 is 24.7 Å². The minimum absolute atomic E-state index is 0.0781. The van der Waals surface area contributed by atoms with E-state index in [1.54, 1.807) is 32.9 Å². The first kappa shape index (κ1) is 17.7. The van der Waals surface area contributed by atoms with Gasteiger partial charge in [0.05, 0.1) is 18.7 Å². The number of hydrogen-bond donors (Lipinski definition) is 2. The number of carbonyl (C=O) groups excluding carboxylic acids is 2. The summed E-state index contributed by atoms with van der Waals surface area (Å²) in [5.74, 6) is -0.512. The Balaban J connectivity index is 2.51. The quantitative estimate of drug-likeness (QED) is 0.826. The van der Waals surface area contributed by atoms with Crippen LogP contribution in [-0.4, -0.2) is 25.7 Å². The second-order valence-corrected chi connectivity index (χ2v) is 5.42. The lowest BCUT2D eigenvalue weighted by molar-refractivity contribution is -0.136. The van der Waals surface area contributed by atoms with Crippen LogP contribution in [-0.2, 0) is 9.53 Å². The van der Waals surface area contributed by atoms with Crippen LogP contribution in [0, 0.1) is 13.8 Å². The highest BCUT2D eigenvalue weighted by atomic mass is 19.3. The van der Waals surface area contributed by atoms with Gasteiger partial charge in [-0.15, -0.1) is 0 Å². The van der Waals surface area contributed by atoms with E-state index in [0.717, 1.165) is 0 Å². The molecule has 1 heterocycles. The summed E-state index contributed by atoms with van der Waals surface area (Å²) in [4.78, 5) is 23.8. The van der Waals surface area contributed by atoms with Crippen LogP contribution in [0.2, 0.25) is 0 Å². The first-order valence-electron chi connectivity index (χ1n) is 7.17. The smallest absolute Gasteiger partial charge is 0.387 e. The Kier molecular flexibility index (Phi) is 5.06. The standard InChI is InChI=1S/C16H18F2N2O4/c1-7-5-10(6-8(2)13(7)24-15(17)18)12-11(14(21)23-4)9(3)19-16(22)20-12/h5-6,12,15H,1-4H3,(H2,19,20,22)/t12-/m0/s1. The molecular weight excluding hydrogens is 322 g/mol. The predicted molar refractivity (Wildman–Crippen MR) is 81.7 cm³/mol. The lowest BCUT2D eigenvalue weighted by Crippen LogP contribution is -2.45. The number of alkyl halides is 2. The number of esters is 1. The van der Waals surface area contributed by atoms with E-state index in [-0.39, 0.29) is 11.3 Å². The Labute approximate surface area is 137 Å². The molecular formula is C16H18F2N2O4. The molecule has 1 aliphatic rings. The maximum absolute atomic E-state index is 12.5. The van der Waals surface area contributed by atoms with Crippen LogP contribution in [0.15, 0.2) is 23.4 Å². The lowest BCUT2D eigenvalue weighted by Gasteiger charge is -2.28.